The average Bonchev–Trinajstić information content (AvgIpc) is 2.55. The lowest BCUT2D eigenvalue weighted by Crippen LogP contribution is -2.03. The van der Waals surface area contributed by atoms with Gasteiger partial charge in [-0.25, -0.2) is 14.3 Å². The van der Waals surface area contributed by atoms with Gasteiger partial charge in [-0.3, -0.25) is 0 Å². The van der Waals surface area contributed by atoms with Gasteiger partial charge < -0.3 is 0 Å². The van der Waals surface area contributed by atoms with Crippen molar-refractivity contribution < 1.29 is 13.3 Å². The van der Waals surface area contributed by atoms with E-state index in [0.717, 1.165) is 22.8 Å². The highest BCUT2D eigenvalue weighted by Gasteiger charge is 2.13. The van der Waals surface area contributed by atoms with Crippen LogP contribution in [0.2, 0.25) is 0 Å². The van der Waals surface area contributed by atoms with Crippen LogP contribution in [0.1, 0.15) is 5.56 Å². The lowest BCUT2D eigenvalue weighted by Gasteiger charge is -2.10. The van der Waals surface area contributed by atoms with Gasteiger partial charge in [0, 0.05) is 5.56 Å². The van der Waals surface area contributed by atoms with E-state index in [4.69, 9.17) is 0 Å². The summed E-state index contributed by atoms with van der Waals surface area (Å²) in [6.45, 7) is 1.98. The lowest BCUT2D eigenvalue weighted by molar-refractivity contribution is 0.583. The van der Waals surface area contributed by atoms with Crippen LogP contribution in [0.15, 0.2) is 54.6 Å². The smallest absolute Gasteiger partial charge is 0.150 e. The number of benzene rings is 3. The molecule has 0 aliphatic rings. The minimum absolute atomic E-state index is 0.263. The SMILES string of the molecule is Cc1ccc(-c2ccc(-c3cc(F)c(NF)c(P)c3)c(F)c2)cc1. The zero-order chi connectivity index (χ0) is 17.3. The molecule has 1 atom stereocenters. The van der Waals surface area contributed by atoms with Crippen molar-refractivity contribution in [3.63, 3.8) is 0 Å². The zero-order valence-corrected chi connectivity index (χ0v) is 14.1. The summed E-state index contributed by atoms with van der Waals surface area (Å²) in [5.74, 6) is -1.24. The highest BCUT2D eigenvalue weighted by molar-refractivity contribution is 7.28. The van der Waals surface area contributed by atoms with E-state index in [2.05, 4.69) is 9.24 Å². The molecule has 0 saturated heterocycles. The summed E-state index contributed by atoms with van der Waals surface area (Å²) >= 11 is 0. The Balaban J connectivity index is 2.03. The second-order valence-electron chi connectivity index (χ2n) is 5.58. The summed E-state index contributed by atoms with van der Waals surface area (Å²) in [7, 11) is 2.23. The largest absolute Gasteiger partial charge is 0.221 e. The molecule has 1 N–H and O–H groups in total. The normalized spacial score (nSPS) is 10.7. The van der Waals surface area contributed by atoms with Gasteiger partial charge in [0.1, 0.15) is 17.3 Å². The molecule has 0 fully saturated rings. The zero-order valence-electron chi connectivity index (χ0n) is 12.9. The molecule has 0 bridgehead atoms. The van der Waals surface area contributed by atoms with Gasteiger partial charge in [-0.15, -0.1) is 13.7 Å². The molecule has 0 aliphatic heterocycles. The topological polar surface area (TPSA) is 12.0 Å². The van der Waals surface area contributed by atoms with Gasteiger partial charge in [0.2, 0.25) is 0 Å². The van der Waals surface area contributed by atoms with Crippen LogP contribution in [0.25, 0.3) is 22.3 Å². The predicted octanol–water partition coefficient (Wildman–Crippen LogP) is 5.40. The second kappa shape index (κ2) is 6.66. The predicted molar refractivity (Wildman–Crippen MR) is 96.0 cm³/mol. The molecule has 0 amide bonds. The Morgan fingerprint density at radius 3 is 2.00 bits per heavy atom. The van der Waals surface area contributed by atoms with Crippen molar-refractivity contribution in [3.05, 3.63) is 71.8 Å². The molecule has 0 aliphatic carbocycles. The van der Waals surface area contributed by atoms with E-state index in [0.29, 0.717) is 5.56 Å². The van der Waals surface area contributed by atoms with E-state index >= 15 is 0 Å². The Labute approximate surface area is 140 Å². The Kier molecular flexibility index (Phi) is 4.59. The number of rotatable bonds is 3. The van der Waals surface area contributed by atoms with E-state index in [1.807, 2.05) is 31.2 Å². The Morgan fingerprint density at radius 2 is 1.42 bits per heavy atom. The molecular weight excluding hydrogens is 330 g/mol. The van der Waals surface area contributed by atoms with Crippen LogP contribution in [-0.2, 0) is 0 Å². The van der Waals surface area contributed by atoms with Crippen LogP contribution < -0.4 is 10.8 Å². The fraction of sp³-hybridized carbons (Fsp3) is 0.0526. The summed E-state index contributed by atoms with van der Waals surface area (Å²) in [6, 6.07) is 15.2. The van der Waals surface area contributed by atoms with Gasteiger partial charge in [-0.2, -0.15) is 0 Å². The minimum atomic E-state index is -0.776. The molecule has 24 heavy (non-hydrogen) atoms. The molecule has 0 aromatic heterocycles. The van der Waals surface area contributed by atoms with Gasteiger partial charge in [0.05, 0.1) is 0 Å². The maximum atomic E-state index is 14.5. The van der Waals surface area contributed by atoms with Gasteiger partial charge in [-0.1, -0.05) is 42.0 Å². The van der Waals surface area contributed by atoms with E-state index < -0.39 is 11.6 Å². The van der Waals surface area contributed by atoms with Crippen LogP contribution in [0.4, 0.5) is 18.9 Å². The van der Waals surface area contributed by atoms with Gasteiger partial charge in [0.15, 0.2) is 0 Å². The van der Waals surface area contributed by atoms with Crippen LogP contribution in [0, 0.1) is 18.6 Å². The average molecular weight is 345 g/mol. The molecular formula is C19H15F3NP. The number of anilines is 1. The van der Waals surface area contributed by atoms with Gasteiger partial charge in [0.25, 0.3) is 0 Å². The fourth-order valence-corrected chi connectivity index (χ4v) is 2.93. The summed E-state index contributed by atoms with van der Waals surface area (Å²) in [5.41, 5.74) is 4.42. The van der Waals surface area contributed by atoms with Crippen molar-refractivity contribution in [2.75, 3.05) is 5.54 Å². The molecule has 0 radical (unpaired) electrons. The maximum absolute atomic E-state index is 14.5. The van der Waals surface area contributed by atoms with E-state index in [-0.39, 0.29) is 16.6 Å². The lowest BCUT2D eigenvalue weighted by atomic mass is 9.99. The minimum Gasteiger partial charge on any atom is -0.221 e. The van der Waals surface area contributed by atoms with Crippen LogP contribution >= 0.6 is 9.24 Å². The Morgan fingerprint density at radius 1 is 0.792 bits per heavy atom. The molecule has 0 saturated carbocycles. The fourth-order valence-electron chi connectivity index (χ4n) is 2.56. The first kappa shape index (κ1) is 16.5. The summed E-state index contributed by atoms with van der Waals surface area (Å²) in [5, 5.41) is 0.287. The van der Waals surface area contributed by atoms with Crippen molar-refractivity contribution in [2.45, 2.75) is 6.92 Å². The molecule has 5 heteroatoms. The van der Waals surface area contributed by atoms with Crippen LogP contribution in [0.3, 0.4) is 0 Å². The molecule has 3 aromatic carbocycles. The highest BCUT2D eigenvalue weighted by Crippen LogP contribution is 2.30. The summed E-state index contributed by atoms with van der Waals surface area (Å²) in [4.78, 5) is 0. The van der Waals surface area contributed by atoms with Crippen molar-refractivity contribution in [1.82, 2.24) is 0 Å². The Bertz CT molecular complexity index is 869. The molecule has 122 valence electrons. The van der Waals surface area contributed by atoms with Crippen molar-refractivity contribution in [1.29, 1.82) is 0 Å². The Hall–Kier alpha value is -2.32. The number of nitrogens with one attached hydrogen (secondary N) is 1. The number of hydrogen-bond donors (Lipinski definition) is 1. The van der Waals surface area contributed by atoms with Gasteiger partial charge >= 0.3 is 0 Å². The van der Waals surface area contributed by atoms with E-state index in [1.165, 1.54) is 17.7 Å². The first-order valence-electron chi connectivity index (χ1n) is 7.32. The molecule has 1 unspecified atom stereocenters. The monoisotopic (exact) mass is 345 g/mol. The highest BCUT2D eigenvalue weighted by atomic mass is 31.0. The first-order valence-corrected chi connectivity index (χ1v) is 7.90. The maximum Gasteiger partial charge on any atom is 0.150 e. The van der Waals surface area contributed by atoms with Crippen molar-refractivity contribution in [3.8, 4) is 22.3 Å². The van der Waals surface area contributed by atoms with Crippen molar-refractivity contribution in [2.24, 2.45) is 0 Å². The van der Waals surface area contributed by atoms with E-state index in [1.54, 1.807) is 12.1 Å². The molecule has 0 heterocycles. The second-order valence-corrected chi connectivity index (χ2v) is 6.20. The third-order valence-electron chi connectivity index (χ3n) is 3.88. The molecule has 0 spiro atoms. The van der Waals surface area contributed by atoms with Gasteiger partial charge in [-0.05, 0) is 47.1 Å². The van der Waals surface area contributed by atoms with Crippen LogP contribution in [0.5, 0.6) is 0 Å². The number of aryl methyl sites for hydroxylation is 1. The van der Waals surface area contributed by atoms with Crippen molar-refractivity contribution >= 4 is 20.2 Å². The number of hydrogen-bond acceptors (Lipinski definition) is 1. The summed E-state index contributed by atoms with van der Waals surface area (Å²) < 4.78 is 41.0. The molecule has 3 aromatic rings. The number of halogens is 3. The quantitative estimate of drug-likeness (QED) is 0.495. The first-order chi connectivity index (χ1) is 11.5. The van der Waals surface area contributed by atoms with E-state index in [9.17, 15) is 13.3 Å². The van der Waals surface area contributed by atoms with Crippen LogP contribution in [-0.4, -0.2) is 0 Å². The third kappa shape index (κ3) is 3.15. The standard InChI is InChI=1S/C19H15F3NP/c1-11-2-4-12(5-3-11)13-6-7-15(16(20)8-13)14-9-17(21)19(23-22)18(24)10-14/h2-10,23H,24H2,1H3. The third-order valence-corrected chi connectivity index (χ3v) is 4.34. The molecule has 1 nitrogen and oxygen atoms in total. The molecule has 3 rings (SSSR count). The summed E-state index contributed by atoms with van der Waals surface area (Å²) in [6.07, 6.45) is 0.